The van der Waals surface area contributed by atoms with Gasteiger partial charge in [0.2, 0.25) is 5.91 Å². The van der Waals surface area contributed by atoms with Crippen molar-refractivity contribution in [2.75, 3.05) is 12.0 Å². The van der Waals surface area contributed by atoms with E-state index in [-0.39, 0.29) is 11.4 Å². The number of nitrogens with zero attached hydrogens (tertiary/aromatic N) is 3. The van der Waals surface area contributed by atoms with Crippen LogP contribution in [0.15, 0.2) is 42.7 Å². The quantitative estimate of drug-likeness (QED) is 0.527. The van der Waals surface area contributed by atoms with Crippen LogP contribution in [0.3, 0.4) is 0 Å². The molecule has 1 amide bonds. The molecule has 1 unspecified atom stereocenters. The molecule has 0 bridgehead atoms. The van der Waals surface area contributed by atoms with Crippen LogP contribution in [-0.4, -0.2) is 34.5 Å². The zero-order valence-electron chi connectivity index (χ0n) is 18.5. The molecule has 1 aliphatic heterocycles. The van der Waals surface area contributed by atoms with Crippen molar-refractivity contribution in [2.24, 2.45) is 0 Å². The van der Waals surface area contributed by atoms with Gasteiger partial charge in [-0.25, -0.2) is 9.78 Å². The van der Waals surface area contributed by atoms with Gasteiger partial charge in [0.1, 0.15) is 5.82 Å². The van der Waals surface area contributed by atoms with Crippen molar-refractivity contribution < 1.29 is 14.3 Å². The molecule has 0 saturated carbocycles. The van der Waals surface area contributed by atoms with Crippen LogP contribution in [0.25, 0.3) is 0 Å². The van der Waals surface area contributed by atoms with Gasteiger partial charge in [0.25, 0.3) is 0 Å². The highest BCUT2D eigenvalue weighted by Gasteiger charge is 2.57. The van der Waals surface area contributed by atoms with Crippen molar-refractivity contribution in [3.05, 3.63) is 65.1 Å². The molecule has 1 aliphatic carbocycles. The lowest BCUT2D eigenvalue weighted by atomic mass is 9.79. The molecule has 0 N–H and O–H groups in total. The fourth-order valence-electron chi connectivity index (χ4n) is 4.09. The number of hydrogen-bond acceptors (Lipinski definition) is 5. The molecule has 1 spiro atoms. The molecule has 2 aromatic rings. The van der Waals surface area contributed by atoms with Gasteiger partial charge in [-0.2, -0.15) is 0 Å². The molecule has 30 heavy (non-hydrogen) atoms. The minimum Gasteiger partial charge on any atom is -0.465 e. The molecular formula is C24H29N3O3. The van der Waals surface area contributed by atoms with Crippen molar-refractivity contribution in [1.29, 1.82) is 0 Å². The monoisotopic (exact) mass is 407 g/mol. The maximum atomic E-state index is 13.5. The SMILES string of the molecule is C/C=C\C.COC(=O)c1cnc2c(c1)CC1(C2)C(=O)N(C(C)(C)C)c2ncccc21. The number of fused-ring (bicyclic) bond motifs is 3. The molecule has 0 fully saturated rings. The van der Waals surface area contributed by atoms with Gasteiger partial charge in [0.15, 0.2) is 0 Å². The summed E-state index contributed by atoms with van der Waals surface area (Å²) in [6, 6.07) is 5.65. The van der Waals surface area contributed by atoms with Gasteiger partial charge in [0, 0.05) is 35.6 Å². The molecule has 0 radical (unpaired) electrons. The van der Waals surface area contributed by atoms with E-state index < -0.39 is 11.4 Å². The third-order valence-electron chi connectivity index (χ3n) is 5.57. The summed E-state index contributed by atoms with van der Waals surface area (Å²) >= 11 is 0. The van der Waals surface area contributed by atoms with E-state index in [0.717, 1.165) is 22.6 Å². The number of anilines is 1. The average Bonchev–Trinajstić information content (AvgIpc) is 3.23. The van der Waals surface area contributed by atoms with Crippen molar-refractivity contribution in [1.82, 2.24) is 9.97 Å². The van der Waals surface area contributed by atoms with Gasteiger partial charge in [-0.1, -0.05) is 18.2 Å². The fourth-order valence-corrected chi connectivity index (χ4v) is 4.09. The number of carbonyl (C=O) groups excluding carboxylic acids is 2. The Morgan fingerprint density at radius 2 is 1.90 bits per heavy atom. The van der Waals surface area contributed by atoms with E-state index in [0.29, 0.717) is 18.4 Å². The van der Waals surface area contributed by atoms with Crippen LogP contribution in [0.4, 0.5) is 5.82 Å². The van der Waals surface area contributed by atoms with E-state index in [1.807, 2.05) is 58.9 Å². The number of amides is 1. The minimum atomic E-state index is -0.694. The molecule has 2 aliphatic rings. The third-order valence-corrected chi connectivity index (χ3v) is 5.57. The number of ether oxygens (including phenoxy) is 1. The van der Waals surface area contributed by atoms with E-state index in [2.05, 4.69) is 9.97 Å². The van der Waals surface area contributed by atoms with Crippen LogP contribution in [-0.2, 0) is 27.8 Å². The van der Waals surface area contributed by atoms with Crippen molar-refractivity contribution >= 4 is 17.7 Å². The molecule has 158 valence electrons. The lowest BCUT2D eigenvalue weighted by Gasteiger charge is -2.33. The summed E-state index contributed by atoms with van der Waals surface area (Å²) in [5.74, 6) is 0.361. The standard InChI is InChI=1S/C20H21N3O3.C4H8/c1-19(2,3)23-16-14(6-5-7-21-16)20(18(23)25)9-12-8-13(17(24)26-4)11-22-15(12)10-20;1-3-4-2/h5-8,11H,9-10H2,1-4H3;3-4H,1-2H3/b;4-3-. The largest absolute Gasteiger partial charge is 0.465 e. The van der Waals surface area contributed by atoms with Gasteiger partial charge >= 0.3 is 5.97 Å². The summed E-state index contributed by atoms with van der Waals surface area (Å²) in [5, 5.41) is 0. The van der Waals surface area contributed by atoms with Crippen molar-refractivity contribution in [3.63, 3.8) is 0 Å². The fraction of sp³-hybridized carbons (Fsp3) is 0.417. The molecule has 6 heteroatoms. The molecule has 0 aromatic carbocycles. The number of allylic oxidation sites excluding steroid dienone is 2. The molecule has 2 aromatic heterocycles. The maximum absolute atomic E-state index is 13.5. The Morgan fingerprint density at radius 3 is 2.50 bits per heavy atom. The Balaban J connectivity index is 0.000000589. The number of rotatable bonds is 1. The van der Waals surface area contributed by atoms with Crippen LogP contribution < -0.4 is 4.90 Å². The molecule has 1 atom stereocenters. The highest BCUT2D eigenvalue weighted by atomic mass is 16.5. The topological polar surface area (TPSA) is 72.4 Å². The van der Waals surface area contributed by atoms with Gasteiger partial charge in [-0.3, -0.25) is 14.7 Å². The van der Waals surface area contributed by atoms with Crippen LogP contribution in [0.2, 0.25) is 0 Å². The number of methoxy groups -OCH3 is 1. The molecular weight excluding hydrogens is 378 g/mol. The second-order valence-electron chi connectivity index (χ2n) is 8.61. The lowest BCUT2D eigenvalue weighted by molar-refractivity contribution is -0.123. The predicted molar refractivity (Wildman–Crippen MR) is 117 cm³/mol. The smallest absolute Gasteiger partial charge is 0.339 e. The number of hydrogen-bond donors (Lipinski definition) is 0. The Labute approximate surface area is 178 Å². The molecule has 3 heterocycles. The minimum absolute atomic E-state index is 0.0521. The lowest BCUT2D eigenvalue weighted by Crippen LogP contribution is -2.49. The number of aromatic nitrogens is 2. The first-order valence-corrected chi connectivity index (χ1v) is 10.1. The van der Waals surface area contributed by atoms with Gasteiger partial charge in [-0.05, 0) is 58.7 Å². The predicted octanol–water partition coefficient (Wildman–Crippen LogP) is 4.03. The van der Waals surface area contributed by atoms with E-state index in [4.69, 9.17) is 4.74 Å². The van der Waals surface area contributed by atoms with Crippen LogP contribution in [0.1, 0.15) is 61.8 Å². The van der Waals surface area contributed by atoms with Crippen molar-refractivity contribution in [3.8, 4) is 0 Å². The third kappa shape index (κ3) is 3.51. The number of esters is 1. The van der Waals surface area contributed by atoms with E-state index >= 15 is 0 Å². The second-order valence-corrected chi connectivity index (χ2v) is 8.61. The van der Waals surface area contributed by atoms with Gasteiger partial charge in [0.05, 0.1) is 18.1 Å². The highest BCUT2D eigenvalue weighted by molar-refractivity contribution is 6.09. The van der Waals surface area contributed by atoms with Crippen molar-refractivity contribution in [2.45, 2.75) is 58.4 Å². The summed E-state index contributed by atoms with van der Waals surface area (Å²) in [5.41, 5.74) is 2.07. The summed E-state index contributed by atoms with van der Waals surface area (Å²) in [4.78, 5) is 36.1. The maximum Gasteiger partial charge on any atom is 0.339 e. The average molecular weight is 408 g/mol. The summed E-state index contributed by atoms with van der Waals surface area (Å²) in [6.45, 7) is 10.0. The summed E-state index contributed by atoms with van der Waals surface area (Å²) < 4.78 is 4.79. The van der Waals surface area contributed by atoms with Gasteiger partial charge < -0.3 is 4.74 Å². The first kappa shape index (κ1) is 21.7. The second kappa shape index (κ2) is 8.01. The van der Waals surface area contributed by atoms with E-state index in [1.54, 1.807) is 17.2 Å². The molecule has 4 rings (SSSR count). The van der Waals surface area contributed by atoms with Gasteiger partial charge in [-0.15, -0.1) is 0 Å². The Bertz CT molecular complexity index is 1000. The molecule has 6 nitrogen and oxygen atoms in total. The van der Waals surface area contributed by atoms with Crippen LogP contribution >= 0.6 is 0 Å². The molecule has 0 saturated heterocycles. The Hall–Kier alpha value is -3.02. The number of carbonyl (C=O) groups is 2. The summed E-state index contributed by atoms with van der Waals surface area (Å²) in [7, 11) is 1.35. The highest BCUT2D eigenvalue weighted by Crippen LogP contribution is 2.50. The zero-order valence-corrected chi connectivity index (χ0v) is 18.5. The van der Waals surface area contributed by atoms with E-state index in [1.165, 1.54) is 13.3 Å². The first-order chi connectivity index (χ1) is 14.2. The Kier molecular flexibility index (Phi) is 5.79. The van der Waals surface area contributed by atoms with Crippen LogP contribution in [0, 0.1) is 0 Å². The first-order valence-electron chi connectivity index (χ1n) is 10.1. The zero-order chi connectivity index (χ0) is 22.1. The summed E-state index contributed by atoms with van der Waals surface area (Å²) in [6.07, 6.45) is 8.28. The number of pyridine rings is 2. The Morgan fingerprint density at radius 1 is 1.20 bits per heavy atom. The normalized spacial score (nSPS) is 19.5. The van der Waals surface area contributed by atoms with E-state index in [9.17, 15) is 9.59 Å². The van der Waals surface area contributed by atoms with Crippen LogP contribution in [0.5, 0.6) is 0 Å².